The molecule has 2 aromatic rings. The summed E-state index contributed by atoms with van der Waals surface area (Å²) in [5.41, 5.74) is -0.150. The molecule has 0 spiro atoms. The number of esters is 1. The fourth-order valence-electron chi connectivity index (χ4n) is 2.17. The van der Waals surface area contributed by atoms with Gasteiger partial charge in [-0.25, -0.2) is 14.8 Å². The van der Waals surface area contributed by atoms with Crippen LogP contribution in [-0.4, -0.2) is 40.0 Å². The molecule has 1 atom stereocenters. The standard InChI is InChI=1S/C19H24N4O3/c1-19(2,3)26-17(25)15(10-13-22-18-20-11-7-12-21-18)23-16(24)14-8-5-4-6-9-14/h4-9,11-12,15H,10,13H2,1-3H3,(H,23,24)(H,20,21,22). The van der Waals surface area contributed by atoms with Gasteiger partial charge >= 0.3 is 5.97 Å². The van der Waals surface area contributed by atoms with Crippen LogP contribution in [0.1, 0.15) is 37.6 Å². The molecule has 1 heterocycles. The third kappa shape index (κ3) is 6.51. The van der Waals surface area contributed by atoms with E-state index in [2.05, 4.69) is 20.6 Å². The molecule has 1 aromatic carbocycles. The van der Waals surface area contributed by atoms with Crippen molar-refractivity contribution in [3.63, 3.8) is 0 Å². The first kappa shape index (κ1) is 19.4. The number of carbonyl (C=O) groups is 2. The fourth-order valence-corrected chi connectivity index (χ4v) is 2.17. The minimum atomic E-state index is -0.779. The van der Waals surface area contributed by atoms with Crippen LogP contribution in [0.15, 0.2) is 48.8 Å². The third-order valence-electron chi connectivity index (χ3n) is 3.31. The van der Waals surface area contributed by atoms with Gasteiger partial charge in [0, 0.05) is 24.5 Å². The maximum absolute atomic E-state index is 12.5. The summed E-state index contributed by atoms with van der Waals surface area (Å²) in [6.45, 7) is 5.77. The number of anilines is 1. The zero-order valence-corrected chi connectivity index (χ0v) is 15.2. The molecule has 0 radical (unpaired) electrons. The van der Waals surface area contributed by atoms with Gasteiger partial charge in [0.25, 0.3) is 5.91 Å². The maximum atomic E-state index is 12.5. The second-order valence-corrected chi connectivity index (χ2v) is 6.71. The highest BCUT2D eigenvalue weighted by atomic mass is 16.6. The molecule has 0 aliphatic carbocycles. The van der Waals surface area contributed by atoms with Gasteiger partial charge in [0.2, 0.25) is 5.95 Å². The summed E-state index contributed by atoms with van der Waals surface area (Å²) in [6, 6.07) is 9.69. The molecule has 1 amide bonds. The maximum Gasteiger partial charge on any atom is 0.329 e. The van der Waals surface area contributed by atoms with Crippen LogP contribution >= 0.6 is 0 Å². The van der Waals surface area contributed by atoms with Crippen molar-refractivity contribution < 1.29 is 14.3 Å². The molecular formula is C19H24N4O3. The number of rotatable bonds is 7. The van der Waals surface area contributed by atoms with Gasteiger partial charge in [0.15, 0.2) is 0 Å². The Balaban J connectivity index is 2.01. The van der Waals surface area contributed by atoms with Gasteiger partial charge in [0.05, 0.1) is 0 Å². The quantitative estimate of drug-likeness (QED) is 0.740. The van der Waals surface area contributed by atoms with Crippen LogP contribution in [-0.2, 0) is 9.53 Å². The summed E-state index contributed by atoms with van der Waals surface area (Å²) in [4.78, 5) is 33.0. The molecule has 1 aromatic heterocycles. The predicted octanol–water partition coefficient (Wildman–Crippen LogP) is 2.42. The molecule has 0 aliphatic rings. The van der Waals surface area contributed by atoms with E-state index in [1.807, 2.05) is 6.07 Å². The van der Waals surface area contributed by atoms with Crippen LogP contribution in [0.4, 0.5) is 5.95 Å². The first-order chi connectivity index (χ1) is 12.3. The molecule has 0 bridgehead atoms. The number of ether oxygens (including phenoxy) is 1. The minimum Gasteiger partial charge on any atom is -0.458 e. The van der Waals surface area contributed by atoms with E-state index < -0.39 is 17.6 Å². The summed E-state index contributed by atoms with van der Waals surface area (Å²) >= 11 is 0. The van der Waals surface area contributed by atoms with Crippen molar-refractivity contribution in [2.24, 2.45) is 0 Å². The van der Waals surface area contributed by atoms with Gasteiger partial charge in [-0.15, -0.1) is 0 Å². The Morgan fingerprint density at radius 3 is 2.35 bits per heavy atom. The Morgan fingerprint density at radius 2 is 1.73 bits per heavy atom. The number of hydrogen-bond acceptors (Lipinski definition) is 6. The molecular weight excluding hydrogens is 332 g/mol. The van der Waals surface area contributed by atoms with E-state index in [-0.39, 0.29) is 5.91 Å². The molecule has 7 nitrogen and oxygen atoms in total. The average Bonchev–Trinajstić information content (AvgIpc) is 2.61. The first-order valence-electron chi connectivity index (χ1n) is 8.45. The van der Waals surface area contributed by atoms with Crippen molar-refractivity contribution in [2.75, 3.05) is 11.9 Å². The normalized spacial score (nSPS) is 12.1. The summed E-state index contributed by atoms with van der Waals surface area (Å²) in [6.07, 6.45) is 3.58. The topological polar surface area (TPSA) is 93.2 Å². The molecule has 0 saturated heterocycles. The number of hydrogen-bond donors (Lipinski definition) is 2. The summed E-state index contributed by atoms with van der Waals surface area (Å²) in [5.74, 6) is -0.334. The Kier molecular flexibility index (Phi) is 6.66. The van der Waals surface area contributed by atoms with Crippen molar-refractivity contribution in [1.29, 1.82) is 0 Å². The van der Waals surface area contributed by atoms with E-state index in [1.165, 1.54) is 0 Å². The SMILES string of the molecule is CC(C)(C)OC(=O)C(CCNc1ncccn1)NC(=O)c1ccccc1. The van der Waals surface area contributed by atoms with E-state index in [9.17, 15) is 9.59 Å². The smallest absolute Gasteiger partial charge is 0.329 e. The highest BCUT2D eigenvalue weighted by Crippen LogP contribution is 2.11. The van der Waals surface area contributed by atoms with E-state index >= 15 is 0 Å². The molecule has 26 heavy (non-hydrogen) atoms. The lowest BCUT2D eigenvalue weighted by Crippen LogP contribution is -2.45. The molecule has 0 aliphatic heterocycles. The zero-order chi connectivity index (χ0) is 19.0. The number of nitrogens with one attached hydrogen (secondary N) is 2. The number of aromatic nitrogens is 2. The van der Waals surface area contributed by atoms with Crippen LogP contribution in [0.2, 0.25) is 0 Å². The second-order valence-electron chi connectivity index (χ2n) is 6.71. The molecule has 7 heteroatoms. The summed E-state index contributed by atoms with van der Waals surface area (Å²) < 4.78 is 5.43. The number of amides is 1. The van der Waals surface area contributed by atoms with Crippen LogP contribution in [0.25, 0.3) is 0 Å². The number of benzene rings is 1. The highest BCUT2D eigenvalue weighted by molar-refractivity contribution is 5.96. The second kappa shape index (κ2) is 8.94. The molecule has 2 N–H and O–H groups in total. The van der Waals surface area contributed by atoms with Gasteiger partial charge < -0.3 is 15.4 Å². The van der Waals surface area contributed by atoms with Gasteiger partial charge in [-0.3, -0.25) is 4.79 Å². The Hall–Kier alpha value is -2.96. The van der Waals surface area contributed by atoms with E-state index in [0.29, 0.717) is 24.5 Å². The summed E-state index contributed by atoms with van der Waals surface area (Å²) in [7, 11) is 0. The number of nitrogens with zero attached hydrogens (tertiary/aromatic N) is 2. The average molecular weight is 356 g/mol. The van der Waals surface area contributed by atoms with Crippen molar-refractivity contribution in [2.45, 2.75) is 38.8 Å². The van der Waals surface area contributed by atoms with Crippen LogP contribution in [0.3, 0.4) is 0 Å². The van der Waals surface area contributed by atoms with Gasteiger partial charge in [-0.05, 0) is 45.4 Å². The van der Waals surface area contributed by atoms with Crippen LogP contribution in [0, 0.1) is 0 Å². The number of carbonyl (C=O) groups excluding carboxylic acids is 2. The first-order valence-corrected chi connectivity index (χ1v) is 8.45. The molecule has 138 valence electrons. The van der Waals surface area contributed by atoms with Gasteiger partial charge in [-0.1, -0.05) is 18.2 Å². The van der Waals surface area contributed by atoms with Crippen LogP contribution in [0.5, 0.6) is 0 Å². The van der Waals surface area contributed by atoms with E-state index in [0.717, 1.165) is 0 Å². The van der Waals surface area contributed by atoms with Crippen molar-refractivity contribution in [1.82, 2.24) is 15.3 Å². The molecule has 0 saturated carbocycles. The largest absolute Gasteiger partial charge is 0.458 e. The monoisotopic (exact) mass is 356 g/mol. The molecule has 2 rings (SSSR count). The lowest BCUT2D eigenvalue weighted by molar-refractivity contribution is -0.157. The van der Waals surface area contributed by atoms with Gasteiger partial charge in [-0.2, -0.15) is 0 Å². The van der Waals surface area contributed by atoms with E-state index in [1.54, 1.807) is 63.5 Å². The Bertz CT molecular complexity index is 715. The highest BCUT2D eigenvalue weighted by Gasteiger charge is 2.26. The van der Waals surface area contributed by atoms with Crippen LogP contribution < -0.4 is 10.6 Å². The van der Waals surface area contributed by atoms with Crippen molar-refractivity contribution in [3.8, 4) is 0 Å². The third-order valence-corrected chi connectivity index (χ3v) is 3.31. The predicted molar refractivity (Wildman–Crippen MR) is 98.7 cm³/mol. The Morgan fingerprint density at radius 1 is 1.08 bits per heavy atom. The minimum absolute atomic E-state index is 0.322. The lowest BCUT2D eigenvalue weighted by atomic mass is 10.1. The summed E-state index contributed by atoms with van der Waals surface area (Å²) in [5, 5.41) is 5.77. The Labute approximate surface area is 153 Å². The fraction of sp³-hybridized carbons (Fsp3) is 0.368. The molecule has 1 unspecified atom stereocenters. The zero-order valence-electron chi connectivity index (χ0n) is 15.2. The molecule has 0 fully saturated rings. The lowest BCUT2D eigenvalue weighted by Gasteiger charge is -2.24. The van der Waals surface area contributed by atoms with Crippen molar-refractivity contribution in [3.05, 3.63) is 54.4 Å². The van der Waals surface area contributed by atoms with Gasteiger partial charge in [0.1, 0.15) is 11.6 Å². The van der Waals surface area contributed by atoms with E-state index in [4.69, 9.17) is 4.74 Å². The van der Waals surface area contributed by atoms with Crippen molar-refractivity contribution >= 4 is 17.8 Å².